The zero-order chi connectivity index (χ0) is 17.8. The summed E-state index contributed by atoms with van der Waals surface area (Å²) < 4.78 is 10.7. The number of para-hydroxylation sites is 1. The Morgan fingerprint density at radius 2 is 1.92 bits per heavy atom. The minimum Gasteiger partial charge on any atom is -0.491 e. The lowest BCUT2D eigenvalue weighted by molar-refractivity contribution is 0.0616. The number of hydrogen-bond donors (Lipinski definition) is 1. The molecule has 0 fully saturated rings. The number of nitrogens with one attached hydrogen (secondary N) is 1. The van der Waals surface area contributed by atoms with Crippen LogP contribution in [0.4, 0.5) is 5.69 Å². The molecule has 2 aromatic carbocycles. The maximum absolute atomic E-state index is 13.0. The summed E-state index contributed by atoms with van der Waals surface area (Å²) in [7, 11) is 1.65. The Bertz CT molecular complexity index is 745. The molecule has 1 heterocycles. The summed E-state index contributed by atoms with van der Waals surface area (Å²) in [6, 6.07) is 15.5. The van der Waals surface area contributed by atoms with Gasteiger partial charge in [0, 0.05) is 18.8 Å². The van der Waals surface area contributed by atoms with E-state index < -0.39 is 0 Å². The van der Waals surface area contributed by atoms with Crippen molar-refractivity contribution in [2.75, 3.05) is 25.6 Å². The van der Waals surface area contributed by atoms with Crippen molar-refractivity contribution in [1.29, 1.82) is 0 Å². The van der Waals surface area contributed by atoms with E-state index in [1.807, 2.05) is 67.3 Å². The highest BCUT2D eigenvalue weighted by Crippen LogP contribution is 2.35. The summed E-state index contributed by atoms with van der Waals surface area (Å²) in [4.78, 5) is 14.8. The highest BCUT2D eigenvalue weighted by atomic mass is 16.5. The van der Waals surface area contributed by atoms with Gasteiger partial charge in [-0.2, -0.15) is 0 Å². The van der Waals surface area contributed by atoms with E-state index in [2.05, 4.69) is 5.32 Å². The van der Waals surface area contributed by atoms with Crippen molar-refractivity contribution in [3.8, 4) is 5.75 Å². The Balaban J connectivity index is 1.92. The number of carbonyl (C=O) groups excluding carboxylic acids is 1. The molecule has 1 aliphatic rings. The molecule has 3 rings (SSSR count). The molecule has 0 radical (unpaired) electrons. The van der Waals surface area contributed by atoms with Crippen LogP contribution in [0.2, 0.25) is 0 Å². The first-order chi connectivity index (χ1) is 12.1. The third kappa shape index (κ3) is 3.61. The second-order valence-corrected chi connectivity index (χ2v) is 6.31. The van der Waals surface area contributed by atoms with E-state index in [1.54, 1.807) is 7.11 Å². The zero-order valence-electron chi connectivity index (χ0n) is 14.9. The number of hydrogen-bond acceptors (Lipinski definition) is 4. The number of amides is 1. The van der Waals surface area contributed by atoms with Crippen LogP contribution in [-0.4, -0.2) is 37.2 Å². The average Bonchev–Trinajstić information content (AvgIpc) is 2.62. The van der Waals surface area contributed by atoms with Gasteiger partial charge in [0.2, 0.25) is 0 Å². The molecule has 2 aromatic rings. The molecule has 5 heteroatoms. The van der Waals surface area contributed by atoms with Crippen LogP contribution in [0.5, 0.6) is 5.75 Å². The van der Waals surface area contributed by atoms with Crippen molar-refractivity contribution in [3.05, 3.63) is 59.7 Å². The number of anilines is 1. The highest BCUT2D eigenvalue weighted by molar-refractivity contribution is 6.01. The largest absolute Gasteiger partial charge is 0.491 e. The van der Waals surface area contributed by atoms with E-state index in [1.165, 1.54) is 0 Å². The van der Waals surface area contributed by atoms with Gasteiger partial charge in [0.1, 0.15) is 18.5 Å². The quantitative estimate of drug-likeness (QED) is 0.815. The maximum Gasteiger partial charge on any atom is 0.258 e. The lowest BCUT2D eigenvalue weighted by Gasteiger charge is -2.40. The third-order valence-electron chi connectivity index (χ3n) is 4.25. The van der Waals surface area contributed by atoms with Gasteiger partial charge in [-0.15, -0.1) is 0 Å². The number of ether oxygens (including phenoxy) is 2. The molecular formula is C20H24N2O3. The SMILES string of the molecule is COCCOc1cccc(C2Nc3ccccc3C(=O)N2C(C)C)c1. The van der Waals surface area contributed by atoms with Crippen molar-refractivity contribution in [2.24, 2.45) is 0 Å². The van der Waals surface area contributed by atoms with E-state index >= 15 is 0 Å². The van der Waals surface area contributed by atoms with Crippen LogP contribution in [0.15, 0.2) is 48.5 Å². The molecule has 0 spiro atoms. The predicted octanol–water partition coefficient (Wildman–Crippen LogP) is 3.69. The fraction of sp³-hybridized carbons (Fsp3) is 0.350. The lowest BCUT2D eigenvalue weighted by atomic mass is 10.0. The molecule has 0 aliphatic carbocycles. The van der Waals surface area contributed by atoms with E-state index in [4.69, 9.17) is 9.47 Å². The van der Waals surface area contributed by atoms with Crippen LogP contribution in [0, 0.1) is 0 Å². The Labute approximate surface area is 148 Å². The zero-order valence-corrected chi connectivity index (χ0v) is 14.9. The second kappa shape index (κ2) is 7.57. The molecule has 1 amide bonds. The third-order valence-corrected chi connectivity index (χ3v) is 4.25. The highest BCUT2D eigenvalue weighted by Gasteiger charge is 2.34. The number of nitrogens with zero attached hydrogens (tertiary/aromatic N) is 1. The topological polar surface area (TPSA) is 50.8 Å². The van der Waals surface area contributed by atoms with Gasteiger partial charge in [0.15, 0.2) is 0 Å². The number of benzene rings is 2. The van der Waals surface area contributed by atoms with Gasteiger partial charge < -0.3 is 19.7 Å². The van der Waals surface area contributed by atoms with Crippen molar-refractivity contribution >= 4 is 11.6 Å². The molecule has 0 aromatic heterocycles. The molecule has 0 saturated carbocycles. The first-order valence-electron chi connectivity index (χ1n) is 8.51. The Kier molecular flexibility index (Phi) is 5.24. The van der Waals surface area contributed by atoms with Crippen molar-refractivity contribution in [3.63, 3.8) is 0 Å². The van der Waals surface area contributed by atoms with Gasteiger partial charge >= 0.3 is 0 Å². The van der Waals surface area contributed by atoms with Gasteiger partial charge in [-0.05, 0) is 43.7 Å². The molecule has 0 bridgehead atoms. The number of methoxy groups -OCH3 is 1. The lowest BCUT2D eigenvalue weighted by Crippen LogP contribution is -2.46. The second-order valence-electron chi connectivity index (χ2n) is 6.31. The summed E-state index contributed by atoms with van der Waals surface area (Å²) in [6.45, 7) is 5.09. The van der Waals surface area contributed by atoms with Gasteiger partial charge in [0.25, 0.3) is 5.91 Å². The van der Waals surface area contributed by atoms with Gasteiger partial charge in [0.05, 0.1) is 12.2 Å². The van der Waals surface area contributed by atoms with Gasteiger partial charge in [-0.25, -0.2) is 0 Å². The van der Waals surface area contributed by atoms with Crippen LogP contribution < -0.4 is 10.1 Å². The van der Waals surface area contributed by atoms with E-state index in [0.29, 0.717) is 18.8 Å². The molecule has 0 saturated heterocycles. The molecule has 1 atom stereocenters. The van der Waals surface area contributed by atoms with E-state index in [-0.39, 0.29) is 18.1 Å². The first kappa shape index (κ1) is 17.3. The molecule has 132 valence electrons. The Morgan fingerprint density at radius 1 is 1.12 bits per heavy atom. The molecule has 25 heavy (non-hydrogen) atoms. The molecule has 1 unspecified atom stereocenters. The molecular weight excluding hydrogens is 316 g/mol. The fourth-order valence-electron chi connectivity index (χ4n) is 3.06. The number of rotatable bonds is 6. The predicted molar refractivity (Wildman–Crippen MR) is 97.9 cm³/mol. The first-order valence-corrected chi connectivity index (χ1v) is 8.51. The number of fused-ring (bicyclic) bond motifs is 1. The smallest absolute Gasteiger partial charge is 0.258 e. The normalized spacial score (nSPS) is 16.6. The summed E-state index contributed by atoms with van der Waals surface area (Å²) in [5.74, 6) is 0.811. The summed E-state index contributed by atoms with van der Waals surface area (Å²) in [6.07, 6.45) is -0.228. The van der Waals surface area contributed by atoms with Crippen molar-refractivity contribution in [1.82, 2.24) is 4.90 Å². The Morgan fingerprint density at radius 3 is 2.68 bits per heavy atom. The van der Waals surface area contributed by atoms with Crippen molar-refractivity contribution < 1.29 is 14.3 Å². The van der Waals surface area contributed by atoms with Crippen LogP contribution in [0.1, 0.15) is 35.9 Å². The Hall–Kier alpha value is -2.53. The summed E-state index contributed by atoms with van der Waals surface area (Å²) in [5.41, 5.74) is 2.56. The summed E-state index contributed by atoms with van der Waals surface area (Å²) >= 11 is 0. The van der Waals surface area contributed by atoms with E-state index in [0.717, 1.165) is 17.0 Å². The average molecular weight is 340 g/mol. The molecule has 1 N–H and O–H groups in total. The van der Waals surface area contributed by atoms with Gasteiger partial charge in [-0.3, -0.25) is 4.79 Å². The van der Waals surface area contributed by atoms with Crippen LogP contribution in [-0.2, 0) is 4.74 Å². The van der Waals surface area contributed by atoms with Crippen LogP contribution >= 0.6 is 0 Å². The van der Waals surface area contributed by atoms with Crippen LogP contribution in [0.25, 0.3) is 0 Å². The monoisotopic (exact) mass is 340 g/mol. The number of carbonyl (C=O) groups is 1. The van der Waals surface area contributed by atoms with E-state index in [9.17, 15) is 4.79 Å². The minimum atomic E-state index is -0.228. The fourth-order valence-corrected chi connectivity index (χ4v) is 3.06. The standard InChI is InChI=1S/C20H24N2O3/c1-14(2)22-19(21-18-10-5-4-9-17(18)20(22)23)15-7-6-8-16(13-15)25-12-11-24-3/h4-10,13-14,19,21H,11-12H2,1-3H3. The van der Waals surface area contributed by atoms with Crippen molar-refractivity contribution in [2.45, 2.75) is 26.1 Å². The minimum absolute atomic E-state index is 0.0417. The maximum atomic E-state index is 13.0. The summed E-state index contributed by atoms with van der Waals surface area (Å²) in [5, 5.41) is 3.49. The molecule has 1 aliphatic heterocycles. The van der Waals surface area contributed by atoms with Gasteiger partial charge in [-0.1, -0.05) is 24.3 Å². The molecule has 5 nitrogen and oxygen atoms in total. The van der Waals surface area contributed by atoms with Crippen LogP contribution in [0.3, 0.4) is 0 Å².